The van der Waals surface area contributed by atoms with E-state index >= 15 is 0 Å². The molecule has 152 valence electrons. The molecule has 0 aliphatic carbocycles. The molecule has 4 unspecified atom stereocenters. The SMILES string of the molecule is COc1ccc2c3c([nH]c2c1)C1CC2C(OC(C)=O)=COC(C)C2CN1CC3.[HH].[HH]. The molecule has 1 aromatic heterocycles. The Morgan fingerprint density at radius 3 is 3.04 bits per heavy atom. The topological polar surface area (TPSA) is 63.8 Å². The number of nitrogens with one attached hydrogen (secondary N) is 1. The van der Waals surface area contributed by atoms with Crippen molar-refractivity contribution in [1.29, 1.82) is 0 Å². The highest BCUT2D eigenvalue weighted by molar-refractivity contribution is 5.86. The van der Waals surface area contributed by atoms with Crippen molar-refractivity contribution in [3.63, 3.8) is 0 Å². The van der Waals surface area contributed by atoms with Gasteiger partial charge in [0, 0.05) is 57.4 Å². The van der Waals surface area contributed by atoms with Crippen LogP contribution in [0.3, 0.4) is 0 Å². The molecule has 1 N–H and O–H groups in total. The number of hydrogen-bond donors (Lipinski definition) is 1. The average molecular weight is 386 g/mol. The Morgan fingerprint density at radius 1 is 1.39 bits per heavy atom. The van der Waals surface area contributed by atoms with Crippen LogP contribution in [0.1, 0.15) is 40.4 Å². The number of fused-ring (bicyclic) bond motifs is 6. The van der Waals surface area contributed by atoms with Crippen LogP contribution >= 0.6 is 0 Å². The third kappa shape index (κ3) is 2.70. The molecule has 0 radical (unpaired) electrons. The first-order valence-corrected chi connectivity index (χ1v) is 10.0. The van der Waals surface area contributed by atoms with E-state index in [1.165, 1.54) is 23.6 Å². The molecule has 0 saturated carbocycles. The highest BCUT2D eigenvalue weighted by Gasteiger charge is 2.46. The van der Waals surface area contributed by atoms with Crippen LogP contribution in [0.5, 0.6) is 5.75 Å². The van der Waals surface area contributed by atoms with Crippen molar-refractivity contribution in [2.24, 2.45) is 11.8 Å². The molecule has 0 amide bonds. The lowest BCUT2D eigenvalue weighted by atomic mass is 9.74. The van der Waals surface area contributed by atoms with E-state index in [1.54, 1.807) is 13.4 Å². The van der Waals surface area contributed by atoms with Gasteiger partial charge in [-0.15, -0.1) is 0 Å². The Balaban J connectivity index is 0.00000128. The maximum atomic E-state index is 11.6. The summed E-state index contributed by atoms with van der Waals surface area (Å²) in [6, 6.07) is 6.56. The van der Waals surface area contributed by atoms with E-state index in [0.29, 0.717) is 17.7 Å². The predicted octanol–water partition coefficient (Wildman–Crippen LogP) is 4.03. The number of hydrogen-bond acceptors (Lipinski definition) is 5. The number of H-pyrrole nitrogens is 1. The molecule has 1 fully saturated rings. The minimum Gasteiger partial charge on any atom is -0.497 e. The van der Waals surface area contributed by atoms with Crippen LogP contribution in [-0.2, 0) is 20.7 Å². The van der Waals surface area contributed by atoms with Gasteiger partial charge in [0.1, 0.15) is 17.8 Å². The van der Waals surface area contributed by atoms with Gasteiger partial charge in [0.05, 0.1) is 19.3 Å². The second-order valence-corrected chi connectivity index (χ2v) is 8.15. The molecule has 0 spiro atoms. The highest BCUT2D eigenvalue weighted by atomic mass is 16.6. The lowest BCUT2D eigenvalue weighted by molar-refractivity contribution is -0.141. The summed E-state index contributed by atoms with van der Waals surface area (Å²) in [5, 5.41) is 1.29. The summed E-state index contributed by atoms with van der Waals surface area (Å²) in [6.45, 7) is 5.56. The molecule has 3 aliphatic heterocycles. The molecule has 4 atom stereocenters. The maximum absolute atomic E-state index is 11.6. The second kappa shape index (κ2) is 6.55. The summed E-state index contributed by atoms with van der Waals surface area (Å²) in [4.78, 5) is 17.8. The highest BCUT2D eigenvalue weighted by Crippen LogP contribution is 2.47. The van der Waals surface area contributed by atoms with Crippen LogP contribution in [0.25, 0.3) is 10.9 Å². The molecule has 6 nitrogen and oxygen atoms in total. The zero-order valence-electron chi connectivity index (χ0n) is 16.5. The number of aromatic amines is 1. The fourth-order valence-electron chi connectivity index (χ4n) is 5.26. The first-order valence-electron chi connectivity index (χ1n) is 10.0. The minimum absolute atomic E-state index is 0. The second-order valence-electron chi connectivity index (χ2n) is 8.15. The number of piperidine rings is 1. The van der Waals surface area contributed by atoms with Crippen LogP contribution in [0.2, 0.25) is 0 Å². The number of allylic oxidation sites excluding steroid dienone is 1. The molecule has 0 bridgehead atoms. The van der Waals surface area contributed by atoms with Crippen LogP contribution in [-0.4, -0.2) is 42.2 Å². The Kier molecular flexibility index (Phi) is 4.12. The van der Waals surface area contributed by atoms with Gasteiger partial charge >= 0.3 is 5.97 Å². The maximum Gasteiger partial charge on any atom is 0.307 e. The van der Waals surface area contributed by atoms with Gasteiger partial charge in [0.25, 0.3) is 0 Å². The van der Waals surface area contributed by atoms with Crippen molar-refractivity contribution in [1.82, 2.24) is 9.88 Å². The summed E-state index contributed by atoms with van der Waals surface area (Å²) in [6.07, 6.45) is 3.74. The number of methoxy groups -OCH3 is 1. The standard InChI is InChI=1S/C22H26N2O4.2H2/c1-12-18-10-24-7-6-16-15-5-4-14(26-3)8-19(15)23-22(16)20(24)9-17(18)21(11-27-12)28-13(2)25;;/h4-5,8,11-12,17-18,20,23H,6-7,9-10H2,1-3H3;2*1H. The third-order valence-corrected chi connectivity index (χ3v) is 6.64. The van der Waals surface area contributed by atoms with Gasteiger partial charge in [-0.1, -0.05) is 0 Å². The van der Waals surface area contributed by atoms with Gasteiger partial charge in [-0.05, 0) is 37.5 Å². The van der Waals surface area contributed by atoms with Gasteiger partial charge in [-0.2, -0.15) is 0 Å². The molecular formula is C22H30N2O4. The monoisotopic (exact) mass is 386 g/mol. The Morgan fingerprint density at radius 2 is 2.25 bits per heavy atom. The molecular weight excluding hydrogens is 356 g/mol. The van der Waals surface area contributed by atoms with E-state index in [1.807, 2.05) is 6.07 Å². The van der Waals surface area contributed by atoms with Crippen molar-refractivity contribution in [3.8, 4) is 5.75 Å². The van der Waals surface area contributed by atoms with E-state index in [0.717, 1.165) is 37.2 Å². The summed E-state index contributed by atoms with van der Waals surface area (Å²) in [5.74, 6) is 1.79. The van der Waals surface area contributed by atoms with Crippen molar-refractivity contribution in [3.05, 3.63) is 41.5 Å². The number of aromatic nitrogens is 1. The summed E-state index contributed by atoms with van der Waals surface area (Å²) < 4.78 is 16.7. The average Bonchev–Trinajstić information content (AvgIpc) is 3.07. The van der Waals surface area contributed by atoms with Crippen molar-refractivity contribution >= 4 is 16.9 Å². The Hall–Kier alpha value is -2.47. The number of benzene rings is 1. The molecule has 4 heterocycles. The Bertz CT molecular complexity index is 973. The molecule has 28 heavy (non-hydrogen) atoms. The fraction of sp³-hybridized carbons (Fsp3) is 0.500. The van der Waals surface area contributed by atoms with Crippen LogP contribution in [0.15, 0.2) is 30.2 Å². The van der Waals surface area contributed by atoms with E-state index < -0.39 is 0 Å². The van der Waals surface area contributed by atoms with Crippen LogP contribution < -0.4 is 4.74 Å². The number of carbonyl (C=O) groups is 1. The molecule has 6 heteroatoms. The van der Waals surface area contributed by atoms with Gasteiger partial charge in [-0.3, -0.25) is 9.69 Å². The minimum atomic E-state index is -0.285. The van der Waals surface area contributed by atoms with Crippen molar-refractivity contribution in [2.45, 2.75) is 38.8 Å². The Labute approximate surface area is 167 Å². The molecule has 1 saturated heterocycles. The quantitative estimate of drug-likeness (QED) is 0.790. The third-order valence-electron chi connectivity index (χ3n) is 6.64. The number of rotatable bonds is 2. The first-order chi connectivity index (χ1) is 13.5. The fourth-order valence-corrected chi connectivity index (χ4v) is 5.26. The zero-order valence-corrected chi connectivity index (χ0v) is 16.5. The van der Waals surface area contributed by atoms with E-state index in [-0.39, 0.29) is 20.8 Å². The lowest BCUT2D eigenvalue weighted by Crippen LogP contribution is -2.51. The van der Waals surface area contributed by atoms with Crippen LogP contribution in [0, 0.1) is 11.8 Å². The number of nitrogens with zero attached hydrogens (tertiary/aromatic N) is 1. The molecule has 3 aliphatic rings. The van der Waals surface area contributed by atoms with Crippen LogP contribution in [0.4, 0.5) is 0 Å². The summed E-state index contributed by atoms with van der Waals surface area (Å²) in [5.41, 5.74) is 3.84. The molecule has 1 aromatic carbocycles. The first kappa shape index (κ1) is 17.6. The van der Waals surface area contributed by atoms with E-state index in [9.17, 15) is 4.79 Å². The van der Waals surface area contributed by atoms with Gasteiger partial charge < -0.3 is 19.2 Å². The number of carbonyl (C=O) groups excluding carboxylic acids is 1. The summed E-state index contributed by atoms with van der Waals surface area (Å²) in [7, 11) is 1.70. The predicted molar refractivity (Wildman–Crippen MR) is 109 cm³/mol. The van der Waals surface area contributed by atoms with Gasteiger partial charge in [0.15, 0.2) is 0 Å². The smallest absolute Gasteiger partial charge is 0.307 e. The largest absolute Gasteiger partial charge is 0.497 e. The van der Waals surface area contributed by atoms with E-state index in [2.05, 4.69) is 28.9 Å². The molecule has 2 aromatic rings. The van der Waals surface area contributed by atoms with Gasteiger partial charge in [-0.25, -0.2) is 0 Å². The summed E-state index contributed by atoms with van der Waals surface area (Å²) >= 11 is 0. The number of esters is 1. The molecule has 5 rings (SSSR count). The van der Waals surface area contributed by atoms with Gasteiger partial charge in [0.2, 0.25) is 0 Å². The normalized spacial score (nSPS) is 29.2. The number of ether oxygens (including phenoxy) is 3. The van der Waals surface area contributed by atoms with E-state index in [4.69, 9.17) is 14.2 Å². The van der Waals surface area contributed by atoms with Crippen molar-refractivity contribution in [2.75, 3.05) is 20.2 Å². The zero-order chi connectivity index (χ0) is 19.4. The lowest BCUT2D eigenvalue weighted by Gasteiger charge is -2.49. The van der Waals surface area contributed by atoms with Crippen molar-refractivity contribution < 1.29 is 21.9 Å².